The van der Waals surface area contributed by atoms with Crippen LogP contribution in [0.25, 0.3) is 11.0 Å². The molecule has 4 nitrogen and oxygen atoms in total. The lowest BCUT2D eigenvalue weighted by Crippen LogP contribution is -1.98. The summed E-state index contributed by atoms with van der Waals surface area (Å²) in [5.74, 6) is 1.35. The van der Waals surface area contributed by atoms with E-state index in [0.717, 1.165) is 20.2 Å². The van der Waals surface area contributed by atoms with Gasteiger partial charge in [0.25, 0.3) is 0 Å². The van der Waals surface area contributed by atoms with Gasteiger partial charge in [-0.2, -0.15) is 0 Å². The fourth-order valence-electron chi connectivity index (χ4n) is 2.23. The number of methoxy groups -OCH3 is 2. The zero-order valence-electron chi connectivity index (χ0n) is 11.5. The molecule has 0 amide bonds. The van der Waals surface area contributed by atoms with Crippen molar-refractivity contribution in [3.8, 4) is 11.5 Å². The predicted molar refractivity (Wildman–Crippen MR) is 88.7 cm³/mol. The van der Waals surface area contributed by atoms with Gasteiger partial charge in [-0.15, -0.1) is 11.3 Å². The molecule has 2 aromatic heterocycles. The molecule has 0 spiro atoms. The Kier molecular flexibility index (Phi) is 3.93. The van der Waals surface area contributed by atoms with Crippen LogP contribution >= 0.6 is 35.2 Å². The highest BCUT2D eigenvalue weighted by atomic mass is 35.5. The van der Waals surface area contributed by atoms with E-state index < -0.39 is 0 Å². The molecule has 0 saturated heterocycles. The number of hydrogen-bond acceptors (Lipinski definition) is 4. The van der Waals surface area contributed by atoms with E-state index in [0.29, 0.717) is 22.8 Å². The van der Waals surface area contributed by atoms with Crippen LogP contribution in [-0.4, -0.2) is 23.8 Å². The van der Waals surface area contributed by atoms with E-state index in [2.05, 4.69) is 4.98 Å². The van der Waals surface area contributed by atoms with E-state index in [-0.39, 0.29) is 0 Å². The molecule has 0 unspecified atom stereocenters. The quantitative estimate of drug-likeness (QED) is 0.712. The Labute approximate surface area is 135 Å². The third kappa shape index (κ3) is 2.66. The number of H-pyrrole nitrogens is 1. The molecule has 2 heterocycles. The highest BCUT2D eigenvalue weighted by Gasteiger charge is 2.12. The molecule has 0 bridgehead atoms. The van der Waals surface area contributed by atoms with E-state index >= 15 is 0 Å². The molecular weight excluding hydrogens is 328 g/mol. The number of rotatable bonds is 4. The predicted octanol–water partition coefficient (Wildman–Crippen LogP) is 4.48. The first kappa shape index (κ1) is 14.4. The molecule has 0 aliphatic heterocycles. The molecular formula is C14H13ClN2O2S2. The summed E-state index contributed by atoms with van der Waals surface area (Å²) in [6.07, 6.45) is 0. The Balaban J connectivity index is 2.13. The van der Waals surface area contributed by atoms with Crippen molar-refractivity contribution in [2.45, 2.75) is 6.54 Å². The smallest absolute Gasteiger partial charge is 0.178 e. The highest BCUT2D eigenvalue weighted by Crippen LogP contribution is 2.32. The Morgan fingerprint density at radius 3 is 2.57 bits per heavy atom. The number of hydrogen-bond donors (Lipinski definition) is 1. The van der Waals surface area contributed by atoms with Crippen molar-refractivity contribution in [2.24, 2.45) is 0 Å². The van der Waals surface area contributed by atoms with Gasteiger partial charge in [0.15, 0.2) is 16.3 Å². The Hall–Kier alpha value is -1.50. The van der Waals surface area contributed by atoms with Crippen molar-refractivity contribution in [2.75, 3.05) is 14.2 Å². The summed E-state index contributed by atoms with van der Waals surface area (Å²) in [5.41, 5.74) is 1.89. The van der Waals surface area contributed by atoms with E-state index in [9.17, 15) is 0 Å². The second-order valence-electron chi connectivity index (χ2n) is 4.45. The van der Waals surface area contributed by atoms with Gasteiger partial charge in [-0.05, 0) is 24.4 Å². The van der Waals surface area contributed by atoms with Gasteiger partial charge in [0.05, 0.1) is 36.1 Å². The molecule has 7 heteroatoms. The number of ether oxygens (including phenoxy) is 2. The monoisotopic (exact) mass is 340 g/mol. The molecule has 110 valence electrons. The summed E-state index contributed by atoms with van der Waals surface area (Å²) in [4.78, 5) is 4.34. The van der Waals surface area contributed by atoms with Gasteiger partial charge < -0.3 is 19.0 Å². The minimum Gasteiger partial charge on any atom is -0.493 e. The number of halogens is 1. The highest BCUT2D eigenvalue weighted by molar-refractivity contribution is 7.71. The van der Waals surface area contributed by atoms with Crippen LogP contribution in [0.4, 0.5) is 0 Å². The number of thiophene rings is 1. The second kappa shape index (κ2) is 5.71. The van der Waals surface area contributed by atoms with Crippen molar-refractivity contribution in [3.63, 3.8) is 0 Å². The van der Waals surface area contributed by atoms with Crippen molar-refractivity contribution < 1.29 is 9.47 Å². The topological polar surface area (TPSA) is 39.2 Å². The number of fused-ring (bicyclic) bond motifs is 1. The summed E-state index contributed by atoms with van der Waals surface area (Å²) >= 11 is 12.9. The molecule has 0 atom stereocenters. The van der Waals surface area contributed by atoms with E-state index in [4.69, 9.17) is 33.3 Å². The van der Waals surface area contributed by atoms with Crippen LogP contribution < -0.4 is 9.47 Å². The number of nitrogens with one attached hydrogen (secondary N) is 1. The SMILES string of the molecule is COc1cc2[nH]c(=S)n(Cc3ccc(Cl)s3)c2cc1OC. The lowest BCUT2D eigenvalue weighted by Gasteiger charge is -2.08. The minimum absolute atomic E-state index is 0.657. The normalized spacial score (nSPS) is 11.0. The maximum Gasteiger partial charge on any atom is 0.178 e. The number of aromatic nitrogens is 2. The zero-order valence-corrected chi connectivity index (χ0v) is 13.9. The van der Waals surface area contributed by atoms with Gasteiger partial charge in [0.2, 0.25) is 0 Å². The molecule has 0 fully saturated rings. The minimum atomic E-state index is 0.657. The molecule has 1 aromatic carbocycles. The molecule has 0 aliphatic carbocycles. The average molecular weight is 341 g/mol. The van der Waals surface area contributed by atoms with Crippen molar-refractivity contribution in [1.82, 2.24) is 9.55 Å². The number of imidazole rings is 1. The summed E-state index contributed by atoms with van der Waals surface area (Å²) in [6, 6.07) is 7.72. The van der Waals surface area contributed by atoms with Crippen LogP contribution in [0, 0.1) is 4.77 Å². The van der Waals surface area contributed by atoms with Crippen molar-refractivity contribution >= 4 is 46.2 Å². The van der Waals surface area contributed by atoms with Crippen LogP contribution in [0.15, 0.2) is 24.3 Å². The van der Waals surface area contributed by atoms with Crippen molar-refractivity contribution in [1.29, 1.82) is 0 Å². The average Bonchev–Trinajstić information content (AvgIpc) is 3.02. The third-order valence-electron chi connectivity index (χ3n) is 3.22. The summed E-state index contributed by atoms with van der Waals surface area (Å²) in [6.45, 7) is 0.672. The van der Waals surface area contributed by atoms with Crippen LogP contribution in [0.2, 0.25) is 4.34 Å². The summed E-state index contributed by atoms with van der Waals surface area (Å²) in [5, 5.41) is 0. The maximum absolute atomic E-state index is 5.98. The van der Waals surface area contributed by atoms with Gasteiger partial charge in [-0.3, -0.25) is 0 Å². The first-order valence-electron chi connectivity index (χ1n) is 6.21. The number of aromatic amines is 1. The Bertz CT molecular complexity index is 850. The van der Waals surface area contributed by atoms with Crippen LogP contribution in [-0.2, 0) is 6.54 Å². The van der Waals surface area contributed by atoms with Crippen LogP contribution in [0.3, 0.4) is 0 Å². The zero-order chi connectivity index (χ0) is 15.0. The Morgan fingerprint density at radius 1 is 1.24 bits per heavy atom. The van der Waals surface area contributed by atoms with Crippen molar-refractivity contribution in [3.05, 3.63) is 38.3 Å². The fraction of sp³-hybridized carbons (Fsp3) is 0.214. The largest absolute Gasteiger partial charge is 0.493 e. The van der Waals surface area contributed by atoms with Crippen LogP contribution in [0.5, 0.6) is 11.5 Å². The van der Waals surface area contributed by atoms with Crippen LogP contribution in [0.1, 0.15) is 4.88 Å². The standard InChI is InChI=1S/C14H13ClN2O2S2/c1-18-11-5-9-10(6-12(11)19-2)17(14(20)16-9)7-8-3-4-13(15)21-8/h3-6H,7H2,1-2H3,(H,16,20). The number of nitrogens with zero attached hydrogens (tertiary/aromatic N) is 1. The van der Waals surface area contributed by atoms with Gasteiger partial charge >= 0.3 is 0 Å². The van der Waals surface area contributed by atoms with Gasteiger partial charge in [-0.25, -0.2) is 0 Å². The maximum atomic E-state index is 5.98. The summed E-state index contributed by atoms with van der Waals surface area (Å²) < 4.78 is 14.1. The van der Waals surface area contributed by atoms with E-state index in [1.165, 1.54) is 0 Å². The molecule has 3 rings (SSSR count). The molecule has 0 radical (unpaired) electrons. The third-order valence-corrected chi connectivity index (χ3v) is 4.76. The molecule has 0 saturated carbocycles. The lowest BCUT2D eigenvalue weighted by atomic mass is 10.2. The summed E-state index contributed by atoms with van der Waals surface area (Å²) in [7, 11) is 3.23. The van der Waals surface area contributed by atoms with E-state index in [1.54, 1.807) is 25.6 Å². The number of benzene rings is 1. The second-order valence-corrected chi connectivity index (χ2v) is 6.63. The molecule has 21 heavy (non-hydrogen) atoms. The van der Waals surface area contributed by atoms with E-state index in [1.807, 2.05) is 28.8 Å². The van der Waals surface area contributed by atoms with Gasteiger partial charge in [-0.1, -0.05) is 11.6 Å². The first-order valence-corrected chi connectivity index (χ1v) is 7.81. The van der Waals surface area contributed by atoms with Gasteiger partial charge in [0, 0.05) is 17.0 Å². The molecule has 0 aliphatic rings. The Morgan fingerprint density at radius 2 is 1.95 bits per heavy atom. The first-order chi connectivity index (χ1) is 10.1. The molecule has 1 N–H and O–H groups in total. The lowest BCUT2D eigenvalue weighted by molar-refractivity contribution is 0.355. The van der Waals surface area contributed by atoms with Gasteiger partial charge in [0.1, 0.15) is 0 Å². The molecule has 3 aromatic rings. The fourth-order valence-corrected chi connectivity index (χ4v) is 3.58.